The summed E-state index contributed by atoms with van der Waals surface area (Å²) in [4.78, 5) is 14.1. The number of amides is 2. The average Bonchev–Trinajstić information content (AvgIpc) is 2.49. The van der Waals surface area contributed by atoms with E-state index in [0.717, 1.165) is 25.9 Å². The van der Waals surface area contributed by atoms with Gasteiger partial charge in [-0.3, -0.25) is 0 Å². The number of halogens is 1. The van der Waals surface area contributed by atoms with Crippen LogP contribution in [0, 0.1) is 11.7 Å². The Morgan fingerprint density at radius 1 is 1.55 bits per heavy atom. The molecule has 0 saturated carbocycles. The van der Waals surface area contributed by atoms with Gasteiger partial charge in [-0.2, -0.15) is 0 Å². The van der Waals surface area contributed by atoms with Gasteiger partial charge in [0.2, 0.25) is 0 Å². The summed E-state index contributed by atoms with van der Waals surface area (Å²) < 4.78 is 18.2. The van der Waals surface area contributed by atoms with Gasteiger partial charge in [0.15, 0.2) is 0 Å². The smallest absolute Gasteiger partial charge is 0.321 e. The van der Waals surface area contributed by atoms with Crippen molar-refractivity contribution in [1.82, 2.24) is 4.90 Å². The summed E-state index contributed by atoms with van der Waals surface area (Å²) in [5, 5.41) is 2.80. The Hall–Kier alpha value is -1.78. The molecule has 0 spiro atoms. The molecule has 1 aromatic rings. The van der Waals surface area contributed by atoms with Crippen molar-refractivity contribution in [2.24, 2.45) is 5.92 Å². The van der Waals surface area contributed by atoms with Crippen LogP contribution in [-0.4, -0.2) is 31.1 Å². The van der Waals surface area contributed by atoms with Gasteiger partial charge in [0, 0.05) is 19.2 Å². The van der Waals surface area contributed by atoms with Crippen molar-refractivity contribution in [3.63, 3.8) is 0 Å². The van der Waals surface area contributed by atoms with E-state index >= 15 is 0 Å². The molecule has 0 aromatic heterocycles. The van der Waals surface area contributed by atoms with E-state index in [1.54, 1.807) is 0 Å². The van der Waals surface area contributed by atoms with Crippen molar-refractivity contribution in [2.45, 2.75) is 26.2 Å². The highest BCUT2D eigenvalue weighted by Crippen LogP contribution is 2.26. The first-order valence-corrected chi connectivity index (χ1v) is 7.03. The number of carbonyl (C=O) groups is 1. The van der Waals surface area contributed by atoms with E-state index in [2.05, 4.69) is 12.2 Å². The molecule has 1 fully saturated rings. The van der Waals surface area contributed by atoms with Gasteiger partial charge in [-0.1, -0.05) is 13.3 Å². The number of likely N-dealkylation sites (tertiary alicyclic amines) is 1. The number of hydrogen-bond donors (Lipinski definition) is 1. The molecule has 5 heteroatoms. The molecule has 1 saturated heterocycles. The number of piperidine rings is 1. The number of rotatable bonds is 3. The third-order valence-electron chi connectivity index (χ3n) is 3.79. The summed E-state index contributed by atoms with van der Waals surface area (Å²) in [7, 11) is 1.46. The molecule has 4 nitrogen and oxygen atoms in total. The third kappa shape index (κ3) is 3.40. The summed E-state index contributed by atoms with van der Waals surface area (Å²) >= 11 is 0. The number of hydrogen-bond acceptors (Lipinski definition) is 2. The SMILES string of the molecule is CCC1CCCN(C(=O)Nc2ccc(F)cc2OC)C1. The highest BCUT2D eigenvalue weighted by atomic mass is 19.1. The molecular formula is C15H21FN2O2. The predicted octanol–water partition coefficient (Wildman–Crippen LogP) is 3.49. The van der Waals surface area contributed by atoms with Gasteiger partial charge in [-0.05, 0) is 30.9 Å². The van der Waals surface area contributed by atoms with E-state index in [9.17, 15) is 9.18 Å². The van der Waals surface area contributed by atoms with E-state index in [1.807, 2.05) is 4.90 Å². The molecule has 1 N–H and O–H groups in total. The number of benzene rings is 1. The molecule has 1 atom stereocenters. The summed E-state index contributed by atoms with van der Waals surface area (Å²) in [6.45, 7) is 3.70. The van der Waals surface area contributed by atoms with Crippen LogP contribution in [0.1, 0.15) is 26.2 Å². The lowest BCUT2D eigenvalue weighted by Crippen LogP contribution is -2.42. The zero-order valence-corrected chi connectivity index (χ0v) is 12.0. The summed E-state index contributed by atoms with van der Waals surface area (Å²) in [6, 6.07) is 3.95. The van der Waals surface area contributed by atoms with Crippen LogP contribution in [0.3, 0.4) is 0 Å². The van der Waals surface area contributed by atoms with Crippen LogP contribution in [0.25, 0.3) is 0 Å². The van der Waals surface area contributed by atoms with E-state index in [1.165, 1.54) is 31.7 Å². The maximum atomic E-state index is 13.1. The Morgan fingerprint density at radius 2 is 2.35 bits per heavy atom. The quantitative estimate of drug-likeness (QED) is 0.921. The van der Waals surface area contributed by atoms with Crippen LogP contribution in [-0.2, 0) is 0 Å². The molecule has 0 bridgehead atoms. The van der Waals surface area contributed by atoms with Crippen LogP contribution < -0.4 is 10.1 Å². The average molecular weight is 280 g/mol. The Kier molecular flexibility index (Phi) is 4.82. The standard InChI is InChI=1S/C15H21FN2O2/c1-3-11-5-4-8-18(10-11)15(19)17-13-7-6-12(16)9-14(13)20-2/h6-7,9,11H,3-5,8,10H2,1-2H3,(H,17,19). The van der Waals surface area contributed by atoms with Gasteiger partial charge in [0.05, 0.1) is 12.8 Å². The van der Waals surface area contributed by atoms with E-state index in [-0.39, 0.29) is 11.8 Å². The van der Waals surface area contributed by atoms with Crippen LogP contribution in [0.2, 0.25) is 0 Å². The lowest BCUT2D eigenvalue weighted by Gasteiger charge is -2.32. The zero-order valence-electron chi connectivity index (χ0n) is 12.0. The molecule has 1 aliphatic heterocycles. The second-order valence-electron chi connectivity index (χ2n) is 5.14. The fourth-order valence-electron chi connectivity index (χ4n) is 2.55. The molecule has 1 heterocycles. The molecule has 1 unspecified atom stereocenters. The van der Waals surface area contributed by atoms with Crippen LogP contribution in [0.15, 0.2) is 18.2 Å². The van der Waals surface area contributed by atoms with Crippen LogP contribution in [0.5, 0.6) is 5.75 Å². The molecule has 2 rings (SSSR count). The second-order valence-corrected chi connectivity index (χ2v) is 5.14. The minimum atomic E-state index is -0.385. The highest BCUT2D eigenvalue weighted by molar-refractivity contribution is 5.91. The van der Waals surface area contributed by atoms with Gasteiger partial charge in [0.25, 0.3) is 0 Å². The van der Waals surface area contributed by atoms with Gasteiger partial charge in [-0.15, -0.1) is 0 Å². The van der Waals surface area contributed by atoms with Crippen molar-refractivity contribution in [2.75, 3.05) is 25.5 Å². The lowest BCUT2D eigenvalue weighted by molar-refractivity contribution is 0.176. The molecule has 1 aromatic carbocycles. The maximum absolute atomic E-state index is 13.1. The third-order valence-corrected chi connectivity index (χ3v) is 3.79. The fourth-order valence-corrected chi connectivity index (χ4v) is 2.55. The minimum absolute atomic E-state index is 0.145. The maximum Gasteiger partial charge on any atom is 0.321 e. The number of carbonyl (C=O) groups excluding carboxylic acids is 1. The van der Waals surface area contributed by atoms with Crippen molar-refractivity contribution < 1.29 is 13.9 Å². The van der Waals surface area contributed by atoms with Gasteiger partial charge >= 0.3 is 6.03 Å². The monoisotopic (exact) mass is 280 g/mol. The molecule has 0 aliphatic carbocycles. The van der Waals surface area contributed by atoms with E-state index in [4.69, 9.17) is 4.74 Å². The van der Waals surface area contributed by atoms with Crippen molar-refractivity contribution in [3.8, 4) is 5.75 Å². The van der Waals surface area contributed by atoms with Crippen molar-refractivity contribution in [1.29, 1.82) is 0 Å². The molecular weight excluding hydrogens is 259 g/mol. The first kappa shape index (κ1) is 14.6. The van der Waals surface area contributed by atoms with Gasteiger partial charge in [0.1, 0.15) is 11.6 Å². The number of ether oxygens (including phenoxy) is 1. The second kappa shape index (κ2) is 6.59. The van der Waals surface area contributed by atoms with E-state index < -0.39 is 0 Å². The van der Waals surface area contributed by atoms with Gasteiger partial charge in [-0.25, -0.2) is 9.18 Å². The number of anilines is 1. The molecule has 20 heavy (non-hydrogen) atoms. The number of nitrogens with one attached hydrogen (secondary N) is 1. The Bertz CT molecular complexity index is 479. The molecule has 2 amide bonds. The van der Waals surface area contributed by atoms with Crippen LogP contribution >= 0.6 is 0 Å². The lowest BCUT2D eigenvalue weighted by atomic mass is 9.96. The zero-order chi connectivity index (χ0) is 14.5. The summed E-state index contributed by atoms with van der Waals surface area (Å²) in [5.41, 5.74) is 0.498. The normalized spacial score (nSPS) is 18.8. The first-order valence-electron chi connectivity index (χ1n) is 7.03. The fraction of sp³-hybridized carbons (Fsp3) is 0.533. The first-order chi connectivity index (χ1) is 9.63. The highest BCUT2D eigenvalue weighted by Gasteiger charge is 2.23. The van der Waals surface area contributed by atoms with Crippen LogP contribution in [0.4, 0.5) is 14.9 Å². The summed E-state index contributed by atoms with van der Waals surface area (Å²) in [5.74, 6) is 0.524. The minimum Gasteiger partial charge on any atom is -0.494 e. The Balaban J connectivity index is 2.04. The number of urea groups is 1. The largest absolute Gasteiger partial charge is 0.494 e. The predicted molar refractivity (Wildman–Crippen MR) is 76.6 cm³/mol. The number of nitrogens with zero attached hydrogens (tertiary/aromatic N) is 1. The molecule has 0 radical (unpaired) electrons. The van der Waals surface area contributed by atoms with Gasteiger partial charge < -0.3 is 15.0 Å². The summed E-state index contributed by atoms with van der Waals surface area (Å²) in [6.07, 6.45) is 3.30. The Morgan fingerprint density at radius 3 is 3.05 bits per heavy atom. The van der Waals surface area contributed by atoms with E-state index in [0.29, 0.717) is 17.4 Å². The Labute approximate surface area is 118 Å². The topological polar surface area (TPSA) is 41.6 Å². The molecule has 1 aliphatic rings. The van der Waals surface area contributed by atoms with Crippen molar-refractivity contribution >= 4 is 11.7 Å². The van der Waals surface area contributed by atoms with Crippen molar-refractivity contribution in [3.05, 3.63) is 24.0 Å². The number of methoxy groups -OCH3 is 1. The molecule has 110 valence electrons.